The van der Waals surface area contributed by atoms with E-state index in [0.717, 1.165) is 18.2 Å². The van der Waals surface area contributed by atoms with Crippen molar-refractivity contribution >= 4 is 22.5 Å². The molecule has 1 aromatic heterocycles. The minimum Gasteiger partial charge on any atom is -0.426 e. The molecule has 0 atom stereocenters. The largest absolute Gasteiger partial charge is 0.499 e. The molecule has 0 saturated carbocycles. The second-order valence-electron chi connectivity index (χ2n) is 4.92. The first-order valence-electron chi connectivity index (χ1n) is 7.72. The summed E-state index contributed by atoms with van der Waals surface area (Å²) in [7, 11) is 0. The number of fused-ring (bicyclic) bond motifs is 1. The predicted octanol–water partition coefficient (Wildman–Crippen LogP) is 6.27. The molecule has 4 nitrogen and oxygen atoms in total. The van der Waals surface area contributed by atoms with E-state index in [1.807, 2.05) is 13.8 Å². The third-order valence-corrected chi connectivity index (χ3v) is 3.12. The van der Waals surface area contributed by atoms with Gasteiger partial charge >= 0.3 is 12.3 Å². The number of aromatic nitrogens is 1. The Labute approximate surface area is 149 Å². The van der Waals surface area contributed by atoms with Crippen LogP contribution in [0, 0.1) is 5.82 Å². The highest BCUT2D eigenvalue weighted by Crippen LogP contribution is 2.38. The van der Waals surface area contributed by atoms with Crippen LogP contribution >= 0.6 is 0 Å². The van der Waals surface area contributed by atoms with E-state index in [1.54, 1.807) is 0 Å². The van der Waals surface area contributed by atoms with E-state index in [2.05, 4.69) is 15.2 Å². The van der Waals surface area contributed by atoms with Gasteiger partial charge in [-0.2, -0.15) is 22.0 Å². The van der Waals surface area contributed by atoms with Crippen LogP contribution < -0.4 is 10.1 Å². The Morgan fingerprint density at radius 1 is 1.00 bits per heavy atom. The van der Waals surface area contributed by atoms with Crippen molar-refractivity contribution in [3.05, 3.63) is 48.3 Å². The Morgan fingerprint density at radius 3 is 2.33 bits per heavy atom. The third-order valence-electron chi connectivity index (χ3n) is 3.12. The smallest absolute Gasteiger partial charge is 0.426 e. The van der Waals surface area contributed by atoms with Gasteiger partial charge in [-0.05, 0) is 24.3 Å². The Morgan fingerprint density at radius 2 is 1.67 bits per heavy atom. The molecule has 0 saturated heterocycles. The van der Waals surface area contributed by atoms with Gasteiger partial charge in [-0.3, -0.25) is 0 Å². The molecule has 10 heteroatoms. The maximum absolute atomic E-state index is 13.5. The molecule has 0 amide bonds. The zero-order valence-electron chi connectivity index (χ0n) is 14.1. The van der Waals surface area contributed by atoms with Crippen LogP contribution in [0.2, 0.25) is 0 Å². The Bertz CT molecular complexity index is 908. The lowest BCUT2D eigenvalue weighted by Gasteiger charge is -2.20. The first-order valence-corrected chi connectivity index (χ1v) is 7.72. The zero-order chi connectivity index (χ0) is 20.2. The van der Waals surface area contributed by atoms with Gasteiger partial charge in [0.2, 0.25) is 5.58 Å². The van der Waals surface area contributed by atoms with Crippen LogP contribution in [0.15, 0.2) is 47.0 Å². The molecule has 1 heterocycles. The summed E-state index contributed by atoms with van der Waals surface area (Å²) < 4.78 is 84.5. The van der Waals surface area contributed by atoms with Gasteiger partial charge in [0.15, 0.2) is 11.6 Å². The van der Waals surface area contributed by atoms with E-state index in [1.165, 1.54) is 24.3 Å². The van der Waals surface area contributed by atoms with Gasteiger partial charge in [-0.25, -0.2) is 4.39 Å². The second kappa shape index (κ2) is 7.77. The number of ether oxygens (including phenoxy) is 1. The fourth-order valence-corrected chi connectivity index (χ4v) is 2.00. The van der Waals surface area contributed by atoms with Gasteiger partial charge in [0, 0.05) is 11.8 Å². The number of hydrogen-bond acceptors (Lipinski definition) is 4. The van der Waals surface area contributed by atoms with Crippen LogP contribution in [0.1, 0.15) is 13.8 Å². The van der Waals surface area contributed by atoms with Gasteiger partial charge in [0.25, 0.3) is 0 Å². The van der Waals surface area contributed by atoms with Gasteiger partial charge in [0.05, 0.1) is 5.39 Å². The summed E-state index contributed by atoms with van der Waals surface area (Å²) in [6, 6.07) is 8.49. The fraction of sp³-hybridized carbons (Fsp3) is 0.235. The molecular weight excluding hydrogens is 378 g/mol. The molecular formula is C17H14F6N2O2. The van der Waals surface area contributed by atoms with Crippen molar-refractivity contribution in [2.45, 2.75) is 26.1 Å². The summed E-state index contributed by atoms with van der Waals surface area (Å²) in [5, 5.41) is 6.51. The quantitative estimate of drug-likeness (QED) is 0.532. The van der Waals surface area contributed by atoms with E-state index in [0.29, 0.717) is 0 Å². The highest BCUT2D eigenvalue weighted by molar-refractivity contribution is 5.90. The molecule has 0 bridgehead atoms. The number of nitrogens with one attached hydrogen (secondary N) is 1. The van der Waals surface area contributed by atoms with Crippen molar-refractivity contribution in [2.24, 2.45) is 0 Å². The van der Waals surface area contributed by atoms with Crippen LogP contribution in [-0.4, -0.2) is 17.4 Å². The van der Waals surface area contributed by atoms with Crippen LogP contribution in [0.4, 0.5) is 37.8 Å². The lowest BCUT2D eigenvalue weighted by molar-refractivity contribution is -0.360. The third kappa shape index (κ3) is 4.44. The van der Waals surface area contributed by atoms with Crippen molar-refractivity contribution in [2.75, 3.05) is 5.32 Å². The van der Waals surface area contributed by atoms with E-state index < -0.39 is 23.9 Å². The van der Waals surface area contributed by atoms with E-state index in [4.69, 9.17) is 4.52 Å². The summed E-state index contributed by atoms with van der Waals surface area (Å²) >= 11 is 0. The van der Waals surface area contributed by atoms with E-state index >= 15 is 0 Å². The summed E-state index contributed by atoms with van der Waals surface area (Å²) in [4.78, 5) is 0. The molecule has 0 radical (unpaired) electrons. The average molecular weight is 392 g/mol. The van der Waals surface area contributed by atoms with Crippen LogP contribution in [0.5, 0.6) is 5.75 Å². The minimum atomic E-state index is -5.85. The molecule has 0 aliphatic carbocycles. The van der Waals surface area contributed by atoms with Gasteiger partial charge in [-0.15, -0.1) is 0 Å². The first-order chi connectivity index (χ1) is 12.7. The molecule has 3 rings (SSSR count). The summed E-state index contributed by atoms with van der Waals surface area (Å²) in [5.41, 5.74) is -0.0315. The normalized spacial score (nSPS) is 11.7. The maximum Gasteiger partial charge on any atom is 0.499 e. The molecule has 0 aliphatic heterocycles. The molecule has 0 spiro atoms. The number of para-hydroxylation sites is 1. The van der Waals surface area contributed by atoms with E-state index in [-0.39, 0.29) is 22.5 Å². The second-order valence-corrected chi connectivity index (χ2v) is 4.92. The van der Waals surface area contributed by atoms with Crippen LogP contribution in [-0.2, 0) is 0 Å². The van der Waals surface area contributed by atoms with Crippen molar-refractivity contribution in [1.29, 1.82) is 0 Å². The summed E-state index contributed by atoms with van der Waals surface area (Å²) in [6.07, 6.45) is -11.2. The molecule has 2 aromatic carbocycles. The number of alkyl halides is 5. The number of benzene rings is 2. The Kier molecular flexibility index (Phi) is 5.87. The average Bonchev–Trinajstić information content (AvgIpc) is 3.00. The SMILES string of the molecule is CC.Fc1cccc2c(Nc3cccc(OC(F)(F)C(F)(F)F)c3)noc12. The number of nitrogens with zero attached hydrogens (tertiary/aromatic N) is 1. The monoisotopic (exact) mass is 392 g/mol. The fourth-order valence-electron chi connectivity index (χ4n) is 2.00. The molecule has 0 aliphatic rings. The standard InChI is InChI=1S/C15H8F6N2O2.C2H6/c16-11-6-2-5-10-12(11)25-23-13(10)22-8-3-1-4-9(7-8)24-15(20,21)14(17,18)19;1-2/h1-7H,(H,22,23);1-2H3. The first kappa shape index (κ1) is 20.4. The summed E-state index contributed by atoms with van der Waals surface area (Å²) in [5.74, 6) is -1.31. The number of rotatable bonds is 4. The number of hydrogen-bond donors (Lipinski definition) is 1. The lowest BCUT2D eigenvalue weighted by atomic mass is 10.2. The van der Waals surface area contributed by atoms with Crippen molar-refractivity contribution < 1.29 is 35.6 Å². The zero-order valence-corrected chi connectivity index (χ0v) is 14.1. The highest BCUT2D eigenvalue weighted by atomic mass is 19.4. The van der Waals surface area contributed by atoms with Gasteiger partial charge in [-0.1, -0.05) is 31.1 Å². The van der Waals surface area contributed by atoms with Crippen molar-refractivity contribution in [1.82, 2.24) is 5.16 Å². The highest BCUT2D eigenvalue weighted by Gasteiger charge is 2.61. The molecule has 1 N–H and O–H groups in total. The molecule has 0 fully saturated rings. The Hall–Kier alpha value is -2.91. The lowest BCUT2D eigenvalue weighted by Crippen LogP contribution is -2.41. The molecule has 0 unspecified atom stereocenters. The number of halogens is 6. The van der Waals surface area contributed by atoms with Crippen molar-refractivity contribution in [3.63, 3.8) is 0 Å². The molecule has 3 aromatic rings. The molecule has 27 heavy (non-hydrogen) atoms. The summed E-state index contributed by atoms with van der Waals surface area (Å²) in [6.45, 7) is 4.00. The van der Waals surface area contributed by atoms with E-state index in [9.17, 15) is 26.3 Å². The minimum absolute atomic E-state index is 0.0641. The van der Waals surface area contributed by atoms with Crippen LogP contribution in [0.25, 0.3) is 11.0 Å². The van der Waals surface area contributed by atoms with Gasteiger partial charge < -0.3 is 14.6 Å². The van der Waals surface area contributed by atoms with Gasteiger partial charge in [0.1, 0.15) is 5.75 Å². The van der Waals surface area contributed by atoms with Crippen molar-refractivity contribution in [3.8, 4) is 5.75 Å². The number of anilines is 2. The topological polar surface area (TPSA) is 47.3 Å². The predicted molar refractivity (Wildman–Crippen MR) is 86.7 cm³/mol. The maximum atomic E-state index is 13.5. The Balaban J connectivity index is 0.00000126. The molecule has 146 valence electrons. The van der Waals surface area contributed by atoms with Crippen LogP contribution in [0.3, 0.4) is 0 Å².